The molecular weight excluding hydrogens is 673 g/mol. The molecule has 11 heteroatoms. The number of urea groups is 1. The summed E-state index contributed by atoms with van der Waals surface area (Å²) in [6, 6.07) is 20.9. The molecule has 3 heterocycles. The number of hydrogen-bond donors (Lipinski definition) is 0. The number of hydrogen-bond acceptors (Lipinski definition) is 6. The predicted octanol–water partition coefficient (Wildman–Crippen LogP) is 7.00. The number of rotatable bonds is 7. The van der Waals surface area contributed by atoms with Crippen molar-refractivity contribution < 1.29 is 19.1 Å². The highest BCUT2D eigenvalue weighted by Crippen LogP contribution is 2.50. The molecule has 0 aromatic heterocycles. The molecule has 0 aliphatic carbocycles. The molecule has 2 saturated heterocycles. The van der Waals surface area contributed by atoms with Gasteiger partial charge in [0.2, 0.25) is 5.91 Å². The van der Waals surface area contributed by atoms with Crippen LogP contribution in [0.25, 0.3) is 0 Å². The zero-order valence-corrected chi connectivity index (χ0v) is 31.1. The van der Waals surface area contributed by atoms with Crippen molar-refractivity contribution in [3.8, 4) is 5.75 Å². The van der Waals surface area contributed by atoms with Crippen molar-refractivity contribution in [2.75, 3.05) is 65.6 Å². The Labute approximate surface area is 305 Å². The maximum absolute atomic E-state index is 15.1. The molecular formula is C39H47Cl2N5O4. The number of aliphatic imine (C=N–C) groups is 1. The highest BCUT2D eigenvalue weighted by molar-refractivity contribution is 6.30. The van der Waals surface area contributed by atoms with Crippen LogP contribution in [0.1, 0.15) is 62.9 Å². The zero-order valence-electron chi connectivity index (χ0n) is 29.6. The Hall–Kier alpha value is -3.63. The van der Waals surface area contributed by atoms with E-state index in [4.69, 9.17) is 37.7 Å². The van der Waals surface area contributed by atoms with Gasteiger partial charge in [0.05, 0.1) is 38.0 Å². The Kier molecular flexibility index (Phi) is 10.8. The SMILES string of the molecule is CCOc1cc(C(C)(C)C)ccc1C1=N[C@@](C)(c2ccc(Cl)cc2)[C@H](c2ccc(Cl)cc2)N1C(=O)N1CCN(CC(=O)N2CCOCC2)CC1. The molecule has 0 spiro atoms. The van der Waals surface area contributed by atoms with Crippen LogP contribution in [-0.4, -0.2) is 103 Å². The lowest BCUT2D eigenvalue weighted by atomic mass is 9.81. The van der Waals surface area contributed by atoms with Crippen LogP contribution in [0.4, 0.5) is 4.79 Å². The highest BCUT2D eigenvalue weighted by atomic mass is 35.5. The predicted molar refractivity (Wildman–Crippen MR) is 198 cm³/mol. The molecule has 266 valence electrons. The van der Waals surface area contributed by atoms with E-state index < -0.39 is 11.6 Å². The van der Waals surface area contributed by atoms with E-state index in [2.05, 4.69) is 44.7 Å². The number of amidine groups is 1. The second-order valence-electron chi connectivity index (χ2n) is 14.3. The number of morpholine rings is 1. The van der Waals surface area contributed by atoms with Crippen molar-refractivity contribution in [2.24, 2.45) is 4.99 Å². The smallest absolute Gasteiger partial charge is 0.326 e. The Balaban J connectivity index is 1.40. The average Bonchev–Trinajstić information content (AvgIpc) is 3.42. The Bertz CT molecular complexity index is 1710. The standard InChI is InChI=1S/C39H47Cl2N5O4/c1-6-50-33-25-29(38(2,3)4)11-16-32(33)36-42-39(5,28-9-14-31(41)15-10-28)35(27-7-12-30(40)13-8-27)46(36)37(48)45-19-17-43(18-20-45)26-34(47)44-21-23-49-24-22-44/h7-16,25,35H,6,17-24,26H2,1-5H3/t35-,39-/m0/s1. The number of carbonyl (C=O) groups excluding carboxylic acids is 2. The second-order valence-corrected chi connectivity index (χ2v) is 15.2. The van der Waals surface area contributed by atoms with E-state index in [9.17, 15) is 4.79 Å². The van der Waals surface area contributed by atoms with Crippen molar-refractivity contribution in [3.63, 3.8) is 0 Å². The molecule has 0 radical (unpaired) electrons. The third-order valence-electron chi connectivity index (χ3n) is 9.93. The van der Waals surface area contributed by atoms with E-state index in [0.29, 0.717) is 87.3 Å². The Morgan fingerprint density at radius 1 is 0.880 bits per heavy atom. The molecule has 50 heavy (non-hydrogen) atoms. The molecule has 3 aromatic carbocycles. The molecule has 0 saturated carbocycles. The summed E-state index contributed by atoms with van der Waals surface area (Å²) < 4.78 is 11.7. The van der Waals surface area contributed by atoms with Gasteiger partial charge in [0.1, 0.15) is 17.1 Å². The molecule has 6 rings (SSSR count). The average molecular weight is 721 g/mol. The van der Waals surface area contributed by atoms with E-state index in [-0.39, 0.29) is 17.4 Å². The lowest BCUT2D eigenvalue weighted by Gasteiger charge is -2.41. The van der Waals surface area contributed by atoms with Gasteiger partial charge in [0.25, 0.3) is 0 Å². The van der Waals surface area contributed by atoms with Crippen molar-refractivity contribution in [1.29, 1.82) is 0 Å². The first-order chi connectivity index (χ1) is 23.9. The summed E-state index contributed by atoms with van der Waals surface area (Å²) >= 11 is 12.8. The normalized spacial score (nSPS) is 21.7. The van der Waals surface area contributed by atoms with Crippen molar-refractivity contribution in [3.05, 3.63) is 99.0 Å². The van der Waals surface area contributed by atoms with E-state index >= 15 is 4.79 Å². The van der Waals surface area contributed by atoms with Gasteiger partial charge in [0, 0.05) is 49.3 Å². The second kappa shape index (κ2) is 14.9. The fraction of sp³-hybridized carbons (Fsp3) is 0.462. The van der Waals surface area contributed by atoms with Crippen LogP contribution in [0.3, 0.4) is 0 Å². The highest BCUT2D eigenvalue weighted by Gasteiger charge is 2.52. The maximum atomic E-state index is 15.1. The van der Waals surface area contributed by atoms with E-state index in [1.54, 1.807) is 0 Å². The molecule has 3 aliphatic rings. The summed E-state index contributed by atoms with van der Waals surface area (Å²) in [6.07, 6.45) is 0. The minimum Gasteiger partial charge on any atom is -0.493 e. The first-order valence-corrected chi connectivity index (χ1v) is 18.2. The number of carbonyl (C=O) groups is 2. The van der Waals surface area contributed by atoms with Gasteiger partial charge in [-0.2, -0.15) is 0 Å². The summed E-state index contributed by atoms with van der Waals surface area (Å²) in [5.41, 5.74) is 2.70. The number of ether oxygens (including phenoxy) is 2. The van der Waals surface area contributed by atoms with Gasteiger partial charge in [-0.05, 0) is 72.4 Å². The largest absolute Gasteiger partial charge is 0.493 e. The van der Waals surface area contributed by atoms with Crippen LogP contribution in [0.2, 0.25) is 10.0 Å². The van der Waals surface area contributed by atoms with Crippen LogP contribution in [-0.2, 0) is 20.5 Å². The van der Waals surface area contributed by atoms with Gasteiger partial charge >= 0.3 is 6.03 Å². The van der Waals surface area contributed by atoms with Gasteiger partial charge in [0.15, 0.2) is 0 Å². The minimum absolute atomic E-state index is 0.103. The molecule has 3 aliphatic heterocycles. The number of amides is 3. The van der Waals surface area contributed by atoms with E-state index in [1.165, 1.54) is 0 Å². The number of nitrogens with zero attached hydrogens (tertiary/aromatic N) is 5. The summed E-state index contributed by atoms with van der Waals surface area (Å²) in [5, 5.41) is 1.23. The fourth-order valence-corrected chi connectivity index (χ4v) is 7.28. The van der Waals surface area contributed by atoms with E-state index in [0.717, 1.165) is 22.3 Å². The minimum atomic E-state index is -0.887. The van der Waals surface area contributed by atoms with Crippen LogP contribution in [0, 0.1) is 0 Å². The van der Waals surface area contributed by atoms with Gasteiger partial charge in [-0.1, -0.05) is 74.3 Å². The molecule has 2 atom stereocenters. The molecule has 3 amide bonds. The molecule has 3 aromatic rings. The molecule has 0 bridgehead atoms. The summed E-state index contributed by atoms with van der Waals surface area (Å²) in [7, 11) is 0. The fourth-order valence-electron chi connectivity index (χ4n) is 7.03. The van der Waals surface area contributed by atoms with Gasteiger partial charge in [-0.25, -0.2) is 4.79 Å². The Morgan fingerprint density at radius 3 is 2.10 bits per heavy atom. The van der Waals surface area contributed by atoms with Crippen LogP contribution >= 0.6 is 23.2 Å². The third-order valence-corrected chi connectivity index (χ3v) is 10.4. The number of halogens is 2. The van der Waals surface area contributed by atoms with Crippen molar-refractivity contribution in [2.45, 2.75) is 51.6 Å². The maximum Gasteiger partial charge on any atom is 0.326 e. The Morgan fingerprint density at radius 2 is 1.50 bits per heavy atom. The first kappa shape index (κ1) is 36.2. The summed E-state index contributed by atoms with van der Waals surface area (Å²) in [5.74, 6) is 1.32. The topological polar surface area (TPSA) is 77.9 Å². The first-order valence-electron chi connectivity index (χ1n) is 17.4. The van der Waals surface area contributed by atoms with Crippen LogP contribution < -0.4 is 4.74 Å². The monoisotopic (exact) mass is 719 g/mol. The van der Waals surface area contributed by atoms with Crippen molar-refractivity contribution >= 4 is 41.0 Å². The molecule has 0 unspecified atom stereocenters. The molecule has 9 nitrogen and oxygen atoms in total. The lowest BCUT2D eigenvalue weighted by molar-refractivity contribution is -0.136. The number of piperazine rings is 1. The van der Waals surface area contributed by atoms with Crippen LogP contribution in [0.5, 0.6) is 5.75 Å². The zero-order chi connectivity index (χ0) is 35.6. The van der Waals surface area contributed by atoms with E-state index in [1.807, 2.05) is 76.2 Å². The quantitative estimate of drug-likeness (QED) is 0.263. The summed E-state index contributed by atoms with van der Waals surface area (Å²) in [4.78, 5) is 41.3. The van der Waals surface area contributed by atoms with Crippen molar-refractivity contribution in [1.82, 2.24) is 19.6 Å². The summed E-state index contributed by atoms with van der Waals surface area (Å²) in [6.45, 7) is 15.8. The molecule has 2 fully saturated rings. The molecule has 0 N–H and O–H groups in total. The van der Waals surface area contributed by atoms with Gasteiger partial charge < -0.3 is 19.3 Å². The number of benzene rings is 3. The lowest BCUT2D eigenvalue weighted by Crippen LogP contribution is -2.56. The third kappa shape index (κ3) is 7.52. The van der Waals surface area contributed by atoms with Gasteiger partial charge in [-0.15, -0.1) is 0 Å². The van der Waals surface area contributed by atoms with Gasteiger partial charge in [-0.3, -0.25) is 19.6 Å². The van der Waals surface area contributed by atoms with Crippen LogP contribution in [0.15, 0.2) is 71.7 Å².